The van der Waals surface area contributed by atoms with Crippen LogP contribution < -0.4 is 20.1 Å². The Balaban J connectivity index is 1.89. The van der Waals surface area contributed by atoms with E-state index in [-0.39, 0.29) is 30.0 Å². The minimum Gasteiger partial charge on any atom is -0.496 e. The number of nitrogens with zero attached hydrogens (tertiary/aromatic N) is 2. The fourth-order valence-electron chi connectivity index (χ4n) is 5.26. The van der Waals surface area contributed by atoms with Crippen molar-refractivity contribution in [2.45, 2.75) is 84.2 Å². The molecular weight excluding hydrogens is 512 g/mol. The number of amides is 2. The predicted molar refractivity (Wildman–Crippen MR) is 153 cm³/mol. The second kappa shape index (κ2) is 14.7. The summed E-state index contributed by atoms with van der Waals surface area (Å²) in [5.41, 5.74) is 1.62. The molecule has 1 fully saturated rings. The molecule has 3 rings (SSSR count). The lowest BCUT2D eigenvalue weighted by atomic mass is 9.85. The van der Waals surface area contributed by atoms with Gasteiger partial charge >= 0.3 is 5.97 Å². The zero-order valence-electron chi connectivity index (χ0n) is 24.4. The van der Waals surface area contributed by atoms with Crippen LogP contribution in [0.3, 0.4) is 0 Å². The first kappa shape index (κ1) is 31.0. The molecule has 220 valence electrons. The molecule has 2 aromatic rings. The van der Waals surface area contributed by atoms with Gasteiger partial charge in [-0.2, -0.15) is 5.10 Å². The number of carboxylic acids is 1. The lowest BCUT2D eigenvalue weighted by Crippen LogP contribution is -2.40. The maximum Gasteiger partial charge on any atom is 0.322 e. The molecule has 0 radical (unpaired) electrons. The maximum atomic E-state index is 13.6. The first-order valence-corrected chi connectivity index (χ1v) is 14.2. The van der Waals surface area contributed by atoms with Gasteiger partial charge in [0, 0.05) is 12.5 Å². The minimum absolute atomic E-state index is 0.00202. The lowest BCUT2D eigenvalue weighted by Gasteiger charge is -2.24. The topological polar surface area (TPSA) is 132 Å². The molecule has 3 N–H and O–H groups in total. The van der Waals surface area contributed by atoms with Gasteiger partial charge in [-0.25, -0.2) is 0 Å². The molecule has 1 saturated carbocycles. The van der Waals surface area contributed by atoms with E-state index in [1.54, 1.807) is 20.3 Å². The number of hydrogen-bond donors (Lipinski definition) is 3. The van der Waals surface area contributed by atoms with Crippen LogP contribution >= 0.6 is 0 Å². The molecule has 1 aliphatic carbocycles. The van der Waals surface area contributed by atoms with Crippen molar-refractivity contribution >= 4 is 17.8 Å². The number of ether oxygens (including phenoxy) is 2. The summed E-state index contributed by atoms with van der Waals surface area (Å²) in [6.07, 6.45) is 7.53. The number of hydrogen-bond acceptors (Lipinski definition) is 6. The van der Waals surface area contributed by atoms with Gasteiger partial charge in [-0.15, -0.1) is 0 Å². The Morgan fingerprint density at radius 2 is 1.73 bits per heavy atom. The highest BCUT2D eigenvalue weighted by atomic mass is 16.5. The third-order valence-corrected chi connectivity index (χ3v) is 7.85. The van der Waals surface area contributed by atoms with Crippen molar-refractivity contribution < 1.29 is 29.0 Å². The monoisotopic (exact) mass is 556 g/mol. The molecule has 40 heavy (non-hydrogen) atoms. The highest BCUT2D eigenvalue weighted by Crippen LogP contribution is 2.40. The molecule has 0 bridgehead atoms. The SMILES string of the molecule is COc1cccc(OC)c1-c1cc(C(=O)N[C@@H](CCC2CCCCC2)CC(=O)NCC(=O)O)nn1C(C)C(C)C. The molecule has 1 unspecified atom stereocenters. The van der Waals surface area contributed by atoms with Crippen molar-refractivity contribution in [2.24, 2.45) is 11.8 Å². The van der Waals surface area contributed by atoms with E-state index in [9.17, 15) is 14.4 Å². The molecule has 2 atom stereocenters. The van der Waals surface area contributed by atoms with Crippen LogP contribution in [0.5, 0.6) is 11.5 Å². The van der Waals surface area contributed by atoms with Crippen LogP contribution in [0.4, 0.5) is 0 Å². The van der Waals surface area contributed by atoms with E-state index in [2.05, 4.69) is 24.5 Å². The zero-order valence-corrected chi connectivity index (χ0v) is 24.4. The summed E-state index contributed by atoms with van der Waals surface area (Å²) in [6, 6.07) is 6.78. The van der Waals surface area contributed by atoms with E-state index < -0.39 is 24.5 Å². The number of aliphatic carboxylic acids is 1. The van der Waals surface area contributed by atoms with Crippen molar-refractivity contribution in [3.05, 3.63) is 30.0 Å². The number of nitrogens with one attached hydrogen (secondary N) is 2. The minimum atomic E-state index is -1.11. The average molecular weight is 557 g/mol. The van der Waals surface area contributed by atoms with Crippen LogP contribution in [0.25, 0.3) is 11.3 Å². The Morgan fingerprint density at radius 3 is 2.30 bits per heavy atom. The summed E-state index contributed by atoms with van der Waals surface area (Å²) in [7, 11) is 3.18. The van der Waals surface area contributed by atoms with E-state index in [0.717, 1.165) is 19.3 Å². The Hall–Kier alpha value is -3.56. The molecule has 1 aromatic carbocycles. The van der Waals surface area contributed by atoms with Crippen LogP contribution in [0.1, 0.15) is 88.7 Å². The maximum absolute atomic E-state index is 13.6. The molecule has 0 saturated heterocycles. The Bertz CT molecular complexity index is 1130. The molecule has 1 aliphatic rings. The third-order valence-electron chi connectivity index (χ3n) is 7.85. The number of carbonyl (C=O) groups is 3. The second-order valence-corrected chi connectivity index (χ2v) is 11.0. The van der Waals surface area contributed by atoms with Crippen LogP contribution in [0, 0.1) is 11.8 Å². The fraction of sp³-hybridized carbons (Fsp3) is 0.600. The van der Waals surface area contributed by atoms with Gasteiger partial charge in [0.15, 0.2) is 5.69 Å². The summed E-state index contributed by atoms with van der Waals surface area (Å²) in [6.45, 7) is 5.77. The Morgan fingerprint density at radius 1 is 1.07 bits per heavy atom. The molecule has 1 aromatic heterocycles. The molecule has 10 nitrogen and oxygen atoms in total. The van der Waals surface area contributed by atoms with E-state index in [1.807, 2.05) is 29.8 Å². The lowest BCUT2D eigenvalue weighted by molar-refractivity contribution is -0.138. The third kappa shape index (κ3) is 8.22. The van der Waals surface area contributed by atoms with Crippen LogP contribution in [-0.2, 0) is 9.59 Å². The summed E-state index contributed by atoms with van der Waals surface area (Å²) >= 11 is 0. The highest BCUT2D eigenvalue weighted by Gasteiger charge is 2.27. The smallest absolute Gasteiger partial charge is 0.322 e. The van der Waals surface area contributed by atoms with E-state index in [4.69, 9.17) is 19.7 Å². The van der Waals surface area contributed by atoms with Crippen molar-refractivity contribution in [3.8, 4) is 22.8 Å². The number of rotatable bonds is 14. The summed E-state index contributed by atoms with van der Waals surface area (Å²) in [5.74, 6) is 0.106. The highest BCUT2D eigenvalue weighted by molar-refractivity contribution is 5.94. The van der Waals surface area contributed by atoms with Crippen molar-refractivity contribution in [3.63, 3.8) is 0 Å². The summed E-state index contributed by atoms with van der Waals surface area (Å²) < 4.78 is 13.1. The predicted octanol–water partition coefficient (Wildman–Crippen LogP) is 4.83. The zero-order chi connectivity index (χ0) is 29.2. The Kier molecular flexibility index (Phi) is 11.4. The van der Waals surface area contributed by atoms with Gasteiger partial charge in [0.25, 0.3) is 5.91 Å². The fourth-order valence-corrected chi connectivity index (χ4v) is 5.26. The van der Waals surface area contributed by atoms with Gasteiger partial charge in [-0.3, -0.25) is 19.1 Å². The van der Waals surface area contributed by atoms with Gasteiger partial charge in [-0.05, 0) is 49.8 Å². The van der Waals surface area contributed by atoms with E-state index >= 15 is 0 Å². The first-order valence-electron chi connectivity index (χ1n) is 14.2. The summed E-state index contributed by atoms with van der Waals surface area (Å²) in [4.78, 5) is 37.0. The van der Waals surface area contributed by atoms with Crippen LogP contribution in [0.15, 0.2) is 24.3 Å². The molecule has 0 spiro atoms. The number of carboxylic acid groups (broad SMARTS) is 1. The van der Waals surface area contributed by atoms with Crippen molar-refractivity contribution in [1.29, 1.82) is 0 Å². The van der Waals surface area contributed by atoms with Crippen molar-refractivity contribution in [1.82, 2.24) is 20.4 Å². The van der Waals surface area contributed by atoms with Gasteiger partial charge in [0.1, 0.15) is 18.0 Å². The number of benzene rings is 1. The quantitative estimate of drug-likeness (QED) is 0.304. The largest absolute Gasteiger partial charge is 0.496 e. The summed E-state index contributed by atoms with van der Waals surface area (Å²) in [5, 5.41) is 19.1. The first-order chi connectivity index (χ1) is 19.1. The van der Waals surface area contributed by atoms with Gasteiger partial charge in [0.2, 0.25) is 5.91 Å². The van der Waals surface area contributed by atoms with Crippen LogP contribution in [0.2, 0.25) is 0 Å². The van der Waals surface area contributed by atoms with Crippen molar-refractivity contribution in [2.75, 3.05) is 20.8 Å². The van der Waals surface area contributed by atoms with Gasteiger partial charge in [-0.1, -0.05) is 52.0 Å². The molecule has 2 amide bonds. The van der Waals surface area contributed by atoms with Gasteiger partial charge < -0.3 is 25.2 Å². The molecule has 1 heterocycles. The molecule has 10 heteroatoms. The molecular formula is C30H44N4O6. The van der Waals surface area contributed by atoms with E-state index in [1.165, 1.54) is 19.3 Å². The van der Waals surface area contributed by atoms with Gasteiger partial charge in [0.05, 0.1) is 31.5 Å². The standard InChI is InChI=1S/C30H44N4O6/c1-19(2)20(3)34-24(29-25(39-4)12-9-13-26(29)40-5)17-23(33-34)30(38)32-22(16-27(35)31-18-28(36)37)15-14-21-10-7-6-8-11-21/h9,12-13,17,19-22H,6-8,10-11,14-16,18H2,1-5H3,(H,31,35)(H,32,38)(H,36,37)/t20?,22-/m0/s1. The second-order valence-electron chi connectivity index (χ2n) is 11.0. The Labute approximate surface area is 236 Å². The van der Waals surface area contributed by atoms with Crippen LogP contribution in [-0.4, -0.2) is 59.5 Å². The number of methoxy groups -OCH3 is 2. The van der Waals surface area contributed by atoms with E-state index in [0.29, 0.717) is 35.1 Å². The number of carbonyl (C=O) groups excluding carboxylic acids is 2. The normalized spacial score (nSPS) is 15.3. The average Bonchev–Trinajstić information content (AvgIpc) is 3.39. The number of aromatic nitrogens is 2. The molecule has 0 aliphatic heterocycles.